The summed E-state index contributed by atoms with van der Waals surface area (Å²) in [6, 6.07) is 14.8. The minimum atomic E-state index is -0.679. The highest BCUT2D eigenvalue weighted by atomic mass is 19.1. The molecule has 7 nitrogen and oxygen atoms in total. The molecule has 0 aliphatic rings. The minimum absolute atomic E-state index is 0.101. The molecule has 0 aliphatic heterocycles. The highest BCUT2D eigenvalue weighted by Crippen LogP contribution is 2.15. The van der Waals surface area contributed by atoms with Crippen molar-refractivity contribution in [1.29, 1.82) is 0 Å². The van der Waals surface area contributed by atoms with Gasteiger partial charge < -0.3 is 10.4 Å². The summed E-state index contributed by atoms with van der Waals surface area (Å²) >= 11 is 0. The van der Waals surface area contributed by atoms with E-state index in [2.05, 4.69) is 10.3 Å². The van der Waals surface area contributed by atoms with E-state index >= 15 is 0 Å². The molecule has 0 aliphatic carbocycles. The lowest BCUT2D eigenvalue weighted by Crippen LogP contribution is -2.41. The molecule has 0 unspecified atom stereocenters. The summed E-state index contributed by atoms with van der Waals surface area (Å²) in [6.07, 6.45) is 0. The number of benzene rings is 2. The van der Waals surface area contributed by atoms with E-state index in [1.54, 1.807) is 36.4 Å². The van der Waals surface area contributed by atoms with Crippen molar-refractivity contribution in [3.05, 3.63) is 92.4 Å². The van der Waals surface area contributed by atoms with Crippen LogP contribution in [0.1, 0.15) is 11.1 Å². The second kappa shape index (κ2) is 7.91. The Bertz CT molecular complexity index is 1130. The molecule has 2 N–H and O–H groups in total. The first-order chi connectivity index (χ1) is 13.4. The van der Waals surface area contributed by atoms with Gasteiger partial charge in [-0.2, -0.15) is 0 Å². The average molecular weight is 382 g/mol. The van der Waals surface area contributed by atoms with E-state index in [1.807, 2.05) is 6.07 Å². The molecular weight excluding hydrogens is 363 g/mol. The Hall–Kier alpha value is -3.68. The highest BCUT2D eigenvalue weighted by molar-refractivity contribution is 6.09. The first kappa shape index (κ1) is 19.1. The SMILES string of the molecule is Cn1c(O)c(C(=NCc2ccc(F)cc2)Nc2ccccc2)c(=O)n(C)c1=O. The number of halogens is 1. The van der Waals surface area contributed by atoms with Gasteiger partial charge >= 0.3 is 5.69 Å². The van der Waals surface area contributed by atoms with Crippen molar-refractivity contribution in [3.63, 3.8) is 0 Å². The lowest BCUT2D eigenvalue weighted by Gasteiger charge is -2.14. The van der Waals surface area contributed by atoms with Gasteiger partial charge in [0, 0.05) is 19.8 Å². The summed E-state index contributed by atoms with van der Waals surface area (Å²) in [6.45, 7) is 0.140. The van der Waals surface area contributed by atoms with Crippen LogP contribution in [0.25, 0.3) is 0 Å². The molecule has 28 heavy (non-hydrogen) atoms. The molecule has 0 saturated carbocycles. The van der Waals surface area contributed by atoms with Gasteiger partial charge in [0.05, 0.1) is 6.54 Å². The van der Waals surface area contributed by atoms with Crippen molar-refractivity contribution < 1.29 is 9.50 Å². The fraction of sp³-hybridized carbons (Fsp3) is 0.150. The van der Waals surface area contributed by atoms with Crippen LogP contribution >= 0.6 is 0 Å². The number of rotatable bonds is 4. The van der Waals surface area contributed by atoms with Crippen LogP contribution in [0.2, 0.25) is 0 Å². The van der Waals surface area contributed by atoms with Gasteiger partial charge in [0.2, 0.25) is 5.88 Å². The van der Waals surface area contributed by atoms with E-state index in [0.29, 0.717) is 5.69 Å². The molecule has 3 aromatic rings. The van der Waals surface area contributed by atoms with Gasteiger partial charge in [0.1, 0.15) is 17.2 Å². The number of aromatic hydroxyl groups is 1. The van der Waals surface area contributed by atoms with Gasteiger partial charge in [-0.05, 0) is 29.8 Å². The number of aromatic nitrogens is 2. The third-order valence-corrected chi connectivity index (χ3v) is 4.24. The van der Waals surface area contributed by atoms with Crippen LogP contribution in [0, 0.1) is 5.82 Å². The van der Waals surface area contributed by atoms with E-state index in [-0.39, 0.29) is 23.8 Å². The van der Waals surface area contributed by atoms with Crippen LogP contribution in [0.5, 0.6) is 5.88 Å². The maximum atomic E-state index is 13.1. The van der Waals surface area contributed by atoms with E-state index in [0.717, 1.165) is 14.7 Å². The summed E-state index contributed by atoms with van der Waals surface area (Å²) in [4.78, 5) is 29.1. The van der Waals surface area contributed by atoms with Crippen LogP contribution in [-0.2, 0) is 20.6 Å². The Morgan fingerprint density at radius 1 is 1.04 bits per heavy atom. The van der Waals surface area contributed by atoms with Crippen LogP contribution in [0.3, 0.4) is 0 Å². The quantitative estimate of drug-likeness (QED) is 0.534. The molecule has 2 aromatic carbocycles. The molecular formula is C20H19FN4O3. The predicted molar refractivity (Wildman–Crippen MR) is 105 cm³/mol. The Kier molecular flexibility index (Phi) is 5.39. The molecule has 144 valence electrons. The highest BCUT2D eigenvalue weighted by Gasteiger charge is 2.20. The average Bonchev–Trinajstić information content (AvgIpc) is 2.71. The number of amidine groups is 1. The van der Waals surface area contributed by atoms with Crippen molar-refractivity contribution >= 4 is 11.5 Å². The fourth-order valence-corrected chi connectivity index (χ4v) is 2.64. The van der Waals surface area contributed by atoms with Crippen molar-refractivity contribution in [2.24, 2.45) is 19.1 Å². The molecule has 3 rings (SSSR count). The second-order valence-corrected chi connectivity index (χ2v) is 6.19. The normalized spacial score (nSPS) is 11.5. The summed E-state index contributed by atoms with van der Waals surface area (Å²) in [5, 5.41) is 13.5. The number of aliphatic imine (C=N–C) groups is 1. The third kappa shape index (κ3) is 3.85. The maximum absolute atomic E-state index is 13.1. The molecule has 0 saturated heterocycles. The molecule has 0 fully saturated rings. The molecule has 0 bridgehead atoms. The summed E-state index contributed by atoms with van der Waals surface area (Å²) in [5.41, 5.74) is -0.0909. The lowest BCUT2D eigenvalue weighted by atomic mass is 10.2. The smallest absolute Gasteiger partial charge is 0.333 e. The van der Waals surface area contributed by atoms with E-state index in [4.69, 9.17) is 0 Å². The second-order valence-electron chi connectivity index (χ2n) is 6.19. The Balaban J connectivity index is 2.11. The molecule has 1 heterocycles. The minimum Gasteiger partial charge on any atom is -0.494 e. The number of nitrogens with zero attached hydrogens (tertiary/aromatic N) is 3. The van der Waals surface area contributed by atoms with Crippen molar-refractivity contribution in [2.45, 2.75) is 6.54 Å². The monoisotopic (exact) mass is 382 g/mol. The van der Waals surface area contributed by atoms with Gasteiger partial charge in [-0.3, -0.25) is 18.9 Å². The number of hydrogen-bond donors (Lipinski definition) is 2. The zero-order valence-electron chi connectivity index (χ0n) is 15.4. The standard InChI is InChI=1S/C20H19FN4O3/c1-24-18(26)16(19(27)25(2)20(24)28)17(23-15-6-4-3-5-7-15)22-12-13-8-10-14(21)11-9-13/h3-11,26H,12H2,1-2H3,(H,22,23). The first-order valence-electron chi connectivity index (χ1n) is 8.49. The fourth-order valence-electron chi connectivity index (χ4n) is 2.64. The van der Waals surface area contributed by atoms with Crippen molar-refractivity contribution in [2.75, 3.05) is 5.32 Å². The van der Waals surface area contributed by atoms with E-state index in [9.17, 15) is 19.1 Å². The molecule has 0 atom stereocenters. The summed E-state index contributed by atoms with van der Waals surface area (Å²) in [7, 11) is 2.69. The Morgan fingerprint density at radius 3 is 2.32 bits per heavy atom. The van der Waals surface area contributed by atoms with Gasteiger partial charge in [-0.25, -0.2) is 9.18 Å². The number of nitrogens with one attached hydrogen (secondary N) is 1. The van der Waals surface area contributed by atoms with E-state index in [1.165, 1.54) is 26.2 Å². The largest absolute Gasteiger partial charge is 0.494 e. The number of anilines is 1. The summed E-state index contributed by atoms with van der Waals surface area (Å²) < 4.78 is 15.0. The summed E-state index contributed by atoms with van der Waals surface area (Å²) in [5.74, 6) is -0.751. The van der Waals surface area contributed by atoms with Crippen LogP contribution in [-0.4, -0.2) is 20.1 Å². The van der Waals surface area contributed by atoms with Crippen LogP contribution in [0.4, 0.5) is 10.1 Å². The van der Waals surface area contributed by atoms with Crippen molar-refractivity contribution in [1.82, 2.24) is 9.13 Å². The molecule has 0 radical (unpaired) electrons. The van der Waals surface area contributed by atoms with Gasteiger partial charge in [-0.15, -0.1) is 0 Å². The third-order valence-electron chi connectivity index (χ3n) is 4.24. The maximum Gasteiger partial charge on any atom is 0.333 e. The van der Waals surface area contributed by atoms with Crippen LogP contribution < -0.4 is 16.6 Å². The van der Waals surface area contributed by atoms with Gasteiger partial charge in [-0.1, -0.05) is 30.3 Å². The molecule has 0 spiro atoms. The number of para-hydroxylation sites is 1. The van der Waals surface area contributed by atoms with Crippen LogP contribution in [0.15, 0.2) is 69.2 Å². The Labute approximate surface area is 160 Å². The zero-order chi connectivity index (χ0) is 20.3. The van der Waals surface area contributed by atoms with Crippen molar-refractivity contribution in [3.8, 4) is 5.88 Å². The lowest BCUT2D eigenvalue weighted by molar-refractivity contribution is 0.410. The first-order valence-corrected chi connectivity index (χ1v) is 8.49. The number of hydrogen-bond acceptors (Lipinski definition) is 4. The van der Waals surface area contributed by atoms with Gasteiger partial charge in [0.25, 0.3) is 5.56 Å². The Morgan fingerprint density at radius 2 is 1.68 bits per heavy atom. The predicted octanol–water partition coefficient (Wildman–Crippen LogP) is 1.99. The van der Waals surface area contributed by atoms with Gasteiger partial charge in [0.15, 0.2) is 0 Å². The topological polar surface area (TPSA) is 88.6 Å². The molecule has 1 aromatic heterocycles. The molecule has 0 amide bonds. The molecule has 8 heteroatoms. The zero-order valence-corrected chi connectivity index (χ0v) is 15.4. The van der Waals surface area contributed by atoms with E-state index < -0.39 is 17.1 Å².